The van der Waals surface area contributed by atoms with Gasteiger partial charge in [0.15, 0.2) is 6.23 Å². The molecule has 0 spiro atoms. The molecular formula is C46H30N6O2. The minimum atomic E-state index is -1.30. The van der Waals surface area contributed by atoms with Crippen LogP contribution in [0.25, 0.3) is 72.0 Å². The van der Waals surface area contributed by atoms with Crippen molar-refractivity contribution in [2.24, 2.45) is 0 Å². The topological polar surface area (TPSA) is 97.0 Å². The van der Waals surface area contributed by atoms with Gasteiger partial charge in [-0.15, -0.1) is 0 Å². The highest BCUT2D eigenvalue weighted by Crippen LogP contribution is 2.47. The van der Waals surface area contributed by atoms with Gasteiger partial charge < -0.3 is 9.67 Å². The Hall–Kier alpha value is -7.29. The third kappa shape index (κ3) is 4.92. The predicted molar refractivity (Wildman–Crippen MR) is 212 cm³/mol. The van der Waals surface area contributed by atoms with Gasteiger partial charge in [-0.25, -0.2) is 19.9 Å². The molecule has 0 fully saturated rings. The molecule has 3 aromatic heterocycles. The average molecular weight is 699 g/mol. The predicted octanol–water partition coefficient (Wildman–Crippen LogP) is 9.68. The molecule has 0 saturated heterocycles. The van der Waals surface area contributed by atoms with Gasteiger partial charge in [-0.05, 0) is 34.9 Å². The second-order valence-corrected chi connectivity index (χ2v) is 13.2. The van der Waals surface area contributed by atoms with Crippen molar-refractivity contribution in [3.63, 3.8) is 0 Å². The number of carbonyl (C=O) groups excluding carboxylic acids is 1. The maximum atomic E-state index is 14.8. The molecule has 1 aliphatic rings. The lowest BCUT2D eigenvalue weighted by atomic mass is 9.97. The van der Waals surface area contributed by atoms with Gasteiger partial charge in [0.25, 0.3) is 5.91 Å². The first-order chi connectivity index (χ1) is 26.7. The lowest BCUT2D eigenvalue weighted by Crippen LogP contribution is -2.28. The number of carbonyl (C=O) groups is 1. The minimum Gasteiger partial charge on any atom is -0.369 e. The fraction of sp³-hybridized carbons (Fsp3) is 0.0217. The summed E-state index contributed by atoms with van der Waals surface area (Å²) in [6.45, 7) is 0. The van der Waals surface area contributed by atoms with E-state index in [0.29, 0.717) is 22.5 Å². The number of hydrogen-bond acceptors (Lipinski definition) is 6. The summed E-state index contributed by atoms with van der Waals surface area (Å²) in [6.07, 6.45) is 8.94. The maximum absolute atomic E-state index is 14.8. The van der Waals surface area contributed by atoms with Gasteiger partial charge in [0, 0.05) is 74.5 Å². The number of nitrogens with zero attached hydrogens (tertiary/aromatic N) is 6. The lowest BCUT2D eigenvalue weighted by Gasteiger charge is -2.26. The van der Waals surface area contributed by atoms with Crippen LogP contribution in [0.1, 0.15) is 22.1 Å². The van der Waals surface area contributed by atoms with Crippen LogP contribution in [-0.2, 0) is 0 Å². The molecule has 8 heteroatoms. The normalized spacial score (nSPS) is 13.8. The van der Waals surface area contributed by atoms with Crippen LogP contribution in [0.15, 0.2) is 171 Å². The summed E-state index contributed by atoms with van der Waals surface area (Å²) in [5, 5.41) is 14.6. The van der Waals surface area contributed by atoms with Gasteiger partial charge in [0.05, 0.1) is 22.4 Å². The van der Waals surface area contributed by atoms with Crippen molar-refractivity contribution in [1.29, 1.82) is 0 Å². The van der Waals surface area contributed by atoms with E-state index in [0.717, 1.165) is 66.3 Å². The molecule has 1 N–H and O–H groups in total. The van der Waals surface area contributed by atoms with E-state index in [4.69, 9.17) is 0 Å². The summed E-state index contributed by atoms with van der Waals surface area (Å²) in [5.74, 6) is -0.282. The quantitative estimate of drug-likeness (QED) is 0.186. The number of aromatic nitrogens is 5. The Bertz CT molecular complexity index is 2760. The molecule has 0 saturated carbocycles. The number of hydrogen-bond donors (Lipinski definition) is 1. The van der Waals surface area contributed by atoms with Crippen molar-refractivity contribution in [2.45, 2.75) is 6.23 Å². The van der Waals surface area contributed by atoms with E-state index in [-0.39, 0.29) is 5.91 Å². The van der Waals surface area contributed by atoms with E-state index in [1.54, 1.807) is 30.9 Å². The van der Waals surface area contributed by atoms with Gasteiger partial charge in [-0.3, -0.25) is 9.69 Å². The highest BCUT2D eigenvalue weighted by atomic mass is 16.3. The third-order valence-corrected chi connectivity index (χ3v) is 10.3. The lowest BCUT2D eigenvalue weighted by molar-refractivity contribution is 0.0935. The summed E-state index contributed by atoms with van der Waals surface area (Å²) in [6, 6.07) is 44.2. The molecule has 8 nitrogen and oxygen atoms in total. The Labute approximate surface area is 310 Å². The van der Waals surface area contributed by atoms with Crippen LogP contribution in [0.5, 0.6) is 0 Å². The zero-order valence-corrected chi connectivity index (χ0v) is 28.8. The van der Waals surface area contributed by atoms with Crippen molar-refractivity contribution in [1.82, 2.24) is 24.5 Å². The van der Waals surface area contributed by atoms with Gasteiger partial charge in [0.2, 0.25) is 0 Å². The number of rotatable bonds is 6. The molecule has 54 heavy (non-hydrogen) atoms. The summed E-state index contributed by atoms with van der Waals surface area (Å²) in [4.78, 5) is 33.7. The smallest absolute Gasteiger partial charge is 0.261 e. The number of aliphatic hydroxyl groups is 1. The zero-order chi connectivity index (χ0) is 36.2. The Morgan fingerprint density at radius 2 is 1.00 bits per heavy atom. The first kappa shape index (κ1) is 31.4. The molecule has 4 heterocycles. The van der Waals surface area contributed by atoms with Gasteiger partial charge in [-0.1, -0.05) is 115 Å². The maximum Gasteiger partial charge on any atom is 0.261 e. The second kappa shape index (κ2) is 12.7. The van der Waals surface area contributed by atoms with Crippen LogP contribution in [0, 0.1) is 0 Å². The number of amides is 1. The van der Waals surface area contributed by atoms with Crippen LogP contribution in [0.4, 0.5) is 5.69 Å². The number of fused-ring (bicyclic) bond motifs is 4. The molecule has 1 amide bonds. The molecule has 10 rings (SSSR count). The number of anilines is 1. The monoisotopic (exact) mass is 698 g/mol. The second-order valence-electron chi connectivity index (χ2n) is 13.2. The number of benzene rings is 6. The standard InChI is InChI=1S/C46H30N6O2/c53-45-39-18-9-19-40(42(39)46(54)52(45)41-22-31(29-10-3-1-4-11-29)20-21-34(41)30-12-5-2-6-13-30)51-43-35(32-23-47-27-48-24-32)14-7-16-37(43)38-17-8-15-36(44(38)51)33-25-49-28-50-26-33/h1-28,46,54H. The van der Waals surface area contributed by atoms with Crippen LogP contribution in [0.2, 0.25) is 0 Å². The molecule has 0 radical (unpaired) electrons. The summed E-state index contributed by atoms with van der Waals surface area (Å²) < 4.78 is 2.17. The summed E-state index contributed by atoms with van der Waals surface area (Å²) in [7, 11) is 0. The van der Waals surface area contributed by atoms with E-state index in [1.807, 2.05) is 97.1 Å². The molecule has 1 aliphatic heterocycles. The van der Waals surface area contributed by atoms with Crippen molar-refractivity contribution in [2.75, 3.05) is 4.90 Å². The highest BCUT2D eigenvalue weighted by Gasteiger charge is 2.40. The van der Waals surface area contributed by atoms with Crippen molar-refractivity contribution >= 4 is 33.4 Å². The number of aliphatic hydroxyl groups excluding tert-OH is 1. The molecule has 9 aromatic rings. The summed E-state index contributed by atoms with van der Waals surface area (Å²) in [5.41, 5.74) is 11.3. The summed E-state index contributed by atoms with van der Waals surface area (Å²) >= 11 is 0. The third-order valence-electron chi connectivity index (χ3n) is 10.3. The Morgan fingerprint density at radius 3 is 1.59 bits per heavy atom. The molecule has 0 aliphatic carbocycles. The van der Waals surface area contributed by atoms with Crippen LogP contribution < -0.4 is 4.90 Å². The molecule has 0 bridgehead atoms. The van der Waals surface area contributed by atoms with Crippen LogP contribution in [0.3, 0.4) is 0 Å². The van der Waals surface area contributed by atoms with Crippen molar-refractivity contribution in [3.05, 3.63) is 182 Å². The molecule has 1 unspecified atom stereocenters. The van der Waals surface area contributed by atoms with Gasteiger partial charge >= 0.3 is 0 Å². The van der Waals surface area contributed by atoms with Crippen LogP contribution in [-0.4, -0.2) is 35.5 Å². The van der Waals surface area contributed by atoms with Crippen molar-refractivity contribution < 1.29 is 9.90 Å². The van der Waals surface area contributed by atoms with Gasteiger partial charge in [0.1, 0.15) is 12.7 Å². The van der Waals surface area contributed by atoms with Crippen LogP contribution >= 0.6 is 0 Å². The first-order valence-corrected chi connectivity index (χ1v) is 17.6. The SMILES string of the molecule is O=C1c2cccc(-n3c4c(-c5cncnc5)cccc4c4cccc(-c5cncnc5)c43)c2C(O)N1c1cc(-c2ccccc2)ccc1-c1ccccc1. The Kier molecular flexibility index (Phi) is 7.42. The van der Waals surface area contributed by atoms with E-state index >= 15 is 0 Å². The Balaban J connectivity index is 1.25. The Morgan fingerprint density at radius 1 is 0.463 bits per heavy atom. The van der Waals surface area contributed by atoms with E-state index < -0.39 is 6.23 Å². The largest absolute Gasteiger partial charge is 0.369 e. The first-order valence-electron chi connectivity index (χ1n) is 17.6. The highest BCUT2D eigenvalue weighted by molar-refractivity contribution is 6.18. The molecular weight excluding hydrogens is 669 g/mol. The van der Waals surface area contributed by atoms with E-state index in [9.17, 15) is 9.90 Å². The van der Waals surface area contributed by atoms with Gasteiger partial charge in [-0.2, -0.15) is 0 Å². The fourth-order valence-corrected chi connectivity index (χ4v) is 7.92. The number of para-hydroxylation sites is 2. The molecule has 256 valence electrons. The molecule has 6 aromatic carbocycles. The van der Waals surface area contributed by atoms with Crippen molar-refractivity contribution in [3.8, 4) is 50.2 Å². The average Bonchev–Trinajstić information content (AvgIpc) is 3.72. The molecule has 1 atom stereocenters. The van der Waals surface area contributed by atoms with E-state index in [2.05, 4.69) is 54.8 Å². The minimum absolute atomic E-state index is 0.282. The zero-order valence-electron chi connectivity index (χ0n) is 28.8. The fourth-order valence-electron chi connectivity index (χ4n) is 7.92. The van der Waals surface area contributed by atoms with E-state index in [1.165, 1.54) is 17.6 Å².